The van der Waals surface area contributed by atoms with Crippen molar-refractivity contribution < 1.29 is 4.74 Å². The molecule has 5 nitrogen and oxygen atoms in total. The molecule has 0 amide bonds. The zero-order valence-electron chi connectivity index (χ0n) is 11.1. The van der Waals surface area contributed by atoms with Crippen LogP contribution in [0.1, 0.15) is 5.69 Å². The number of halogens is 2. The highest BCUT2D eigenvalue weighted by Gasteiger charge is 2.13. The van der Waals surface area contributed by atoms with Crippen molar-refractivity contribution in [2.75, 3.05) is 7.11 Å². The number of hydrogen-bond acceptors (Lipinski definition) is 3. The lowest BCUT2D eigenvalue weighted by atomic mass is 10.3. The monoisotopic (exact) mass is 415 g/mol. The van der Waals surface area contributed by atoms with E-state index in [1.165, 1.54) is 4.57 Å². The van der Waals surface area contributed by atoms with E-state index < -0.39 is 0 Å². The zero-order chi connectivity index (χ0) is 15.0. The van der Waals surface area contributed by atoms with E-state index in [4.69, 9.17) is 16.3 Å². The molecular formula is C14H11ClIN3O2. The van der Waals surface area contributed by atoms with E-state index in [2.05, 4.69) is 27.6 Å². The number of hydrogen-bond donors (Lipinski definition) is 0. The highest BCUT2D eigenvalue weighted by atomic mass is 127. The van der Waals surface area contributed by atoms with Gasteiger partial charge in [0.05, 0.1) is 19.0 Å². The summed E-state index contributed by atoms with van der Waals surface area (Å²) in [5.41, 5.74) is 1.73. The van der Waals surface area contributed by atoms with Gasteiger partial charge in [-0.1, -0.05) is 34.2 Å². The van der Waals surface area contributed by atoms with Gasteiger partial charge in [-0.2, -0.15) is 0 Å². The van der Waals surface area contributed by atoms with Crippen LogP contribution >= 0.6 is 34.2 Å². The van der Waals surface area contributed by atoms with Crippen molar-refractivity contribution in [1.82, 2.24) is 14.0 Å². The summed E-state index contributed by atoms with van der Waals surface area (Å²) < 4.78 is 9.01. The van der Waals surface area contributed by atoms with E-state index in [0.29, 0.717) is 16.5 Å². The van der Waals surface area contributed by atoms with Crippen molar-refractivity contribution in [2.45, 2.75) is 4.43 Å². The number of imidazole rings is 1. The maximum atomic E-state index is 12.6. The van der Waals surface area contributed by atoms with Crippen LogP contribution in [0.15, 0.2) is 41.5 Å². The molecule has 7 heteroatoms. The van der Waals surface area contributed by atoms with Gasteiger partial charge in [-0.05, 0) is 24.3 Å². The molecule has 3 aromatic rings. The Bertz CT molecular complexity index is 855. The molecule has 0 spiro atoms. The normalized spacial score (nSPS) is 11.0. The Labute approximate surface area is 139 Å². The third-order valence-corrected chi connectivity index (χ3v) is 4.23. The molecule has 108 valence electrons. The van der Waals surface area contributed by atoms with Gasteiger partial charge in [0.1, 0.15) is 10.9 Å². The van der Waals surface area contributed by atoms with Gasteiger partial charge in [0.2, 0.25) is 5.65 Å². The van der Waals surface area contributed by atoms with Gasteiger partial charge in [-0.25, -0.2) is 4.98 Å². The SMILES string of the molecule is COc1ccc(-n2cc(Cl)n3c(CI)cnc3c2=O)cc1. The van der Waals surface area contributed by atoms with E-state index >= 15 is 0 Å². The first-order valence-corrected chi connectivity index (χ1v) is 8.04. The second kappa shape index (κ2) is 5.69. The van der Waals surface area contributed by atoms with Crippen LogP contribution in [0.4, 0.5) is 0 Å². The minimum absolute atomic E-state index is 0.208. The molecule has 0 fully saturated rings. The van der Waals surface area contributed by atoms with Gasteiger partial charge in [0.15, 0.2) is 0 Å². The molecule has 1 aromatic carbocycles. The van der Waals surface area contributed by atoms with Gasteiger partial charge < -0.3 is 4.74 Å². The number of aromatic nitrogens is 3. The van der Waals surface area contributed by atoms with Gasteiger partial charge in [-0.3, -0.25) is 13.8 Å². The second-order valence-electron chi connectivity index (χ2n) is 4.37. The number of fused-ring (bicyclic) bond motifs is 1. The lowest BCUT2D eigenvalue weighted by Crippen LogP contribution is -2.21. The molecule has 2 heterocycles. The fourth-order valence-electron chi connectivity index (χ4n) is 2.14. The summed E-state index contributed by atoms with van der Waals surface area (Å²) in [6, 6.07) is 7.19. The van der Waals surface area contributed by atoms with Crippen LogP contribution in [0.3, 0.4) is 0 Å². The zero-order valence-corrected chi connectivity index (χ0v) is 14.0. The first-order chi connectivity index (χ1) is 10.2. The molecule has 2 aromatic heterocycles. The molecule has 21 heavy (non-hydrogen) atoms. The lowest BCUT2D eigenvalue weighted by Gasteiger charge is -2.09. The lowest BCUT2D eigenvalue weighted by molar-refractivity contribution is 0.414. The molecule has 0 aliphatic rings. The van der Waals surface area contributed by atoms with E-state index in [-0.39, 0.29) is 5.56 Å². The van der Waals surface area contributed by atoms with Gasteiger partial charge in [0.25, 0.3) is 5.56 Å². The molecule has 0 unspecified atom stereocenters. The van der Waals surface area contributed by atoms with Crippen molar-refractivity contribution >= 4 is 39.8 Å². The van der Waals surface area contributed by atoms with Crippen LogP contribution in [0.25, 0.3) is 11.3 Å². The number of rotatable bonds is 3. The number of ether oxygens (including phenoxy) is 1. The van der Waals surface area contributed by atoms with Gasteiger partial charge in [0, 0.05) is 16.3 Å². The van der Waals surface area contributed by atoms with E-state index in [0.717, 1.165) is 15.9 Å². The van der Waals surface area contributed by atoms with Crippen LogP contribution in [0.2, 0.25) is 5.15 Å². The Balaban J connectivity index is 2.23. The Morgan fingerprint density at radius 3 is 2.67 bits per heavy atom. The van der Waals surface area contributed by atoms with Crippen molar-refractivity contribution in [3.8, 4) is 11.4 Å². The Hall–Kier alpha value is -1.54. The predicted molar refractivity (Wildman–Crippen MR) is 90.1 cm³/mol. The molecule has 0 radical (unpaired) electrons. The van der Waals surface area contributed by atoms with Crippen molar-refractivity contribution in [3.63, 3.8) is 0 Å². The Morgan fingerprint density at radius 2 is 2.05 bits per heavy atom. The first-order valence-electron chi connectivity index (χ1n) is 6.13. The molecule has 0 aliphatic carbocycles. The fraction of sp³-hybridized carbons (Fsp3) is 0.143. The van der Waals surface area contributed by atoms with Crippen LogP contribution < -0.4 is 10.3 Å². The smallest absolute Gasteiger partial charge is 0.298 e. The van der Waals surface area contributed by atoms with Crippen molar-refractivity contribution in [2.24, 2.45) is 0 Å². The molecule has 0 saturated carbocycles. The molecular weight excluding hydrogens is 405 g/mol. The van der Waals surface area contributed by atoms with Crippen LogP contribution in [-0.4, -0.2) is 21.1 Å². The first kappa shape index (κ1) is 14.4. The quantitative estimate of drug-likeness (QED) is 0.488. The summed E-state index contributed by atoms with van der Waals surface area (Å²) in [6.45, 7) is 0. The fourth-order valence-corrected chi connectivity index (χ4v) is 2.96. The molecule has 0 saturated heterocycles. The Kier molecular flexibility index (Phi) is 3.90. The average molecular weight is 416 g/mol. The van der Waals surface area contributed by atoms with E-state index in [1.54, 1.807) is 48.2 Å². The van der Waals surface area contributed by atoms with Gasteiger partial charge in [-0.15, -0.1) is 0 Å². The minimum Gasteiger partial charge on any atom is -0.497 e. The predicted octanol–water partition coefficient (Wildman–Crippen LogP) is 3.08. The number of alkyl halides is 1. The topological polar surface area (TPSA) is 48.5 Å². The number of methoxy groups -OCH3 is 1. The molecule has 0 N–H and O–H groups in total. The maximum Gasteiger partial charge on any atom is 0.298 e. The molecule has 0 bridgehead atoms. The summed E-state index contributed by atoms with van der Waals surface area (Å²) in [5, 5.41) is 0.449. The van der Waals surface area contributed by atoms with Gasteiger partial charge >= 0.3 is 0 Å². The Morgan fingerprint density at radius 1 is 1.33 bits per heavy atom. The van der Waals surface area contributed by atoms with Crippen LogP contribution in [0.5, 0.6) is 5.75 Å². The van der Waals surface area contributed by atoms with Crippen LogP contribution in [0, 0.1) is 0 Å². The number of nitrogens with zero attached hydrogens (tertiary/aromatic N) is 3. The third kappa shape index (κ3) is 2.42. The second-order valence-corrected chi connectivity index (χ2v) is 5.52. The average Bonchev–Trinajstić information content (AvgIpc) is 2.96. The third-order valence-electron chi connectivity index (χ3n) is 3.18. The van der Waals surface area contributed by atoms with Crippen molar-refractivity contribution in [1.29, 1.82) is 0 Å². The summed E-state index contributed by atoms with van der Waals surface area (Å²) in [7, 11) is 1.60. The highest BCUT2D eigenvalue weighted by Crippen LogP contribution is 2.18. The molecule has 0 atom stereocenters. The standard InChI is InChI=1S/C14H11ClIN3O2/c1-21-11-4-2-9(3-5-11)18-8-12(15)19-10(6-16)7-17-13(19)14(18)20/h2-5,7-8H,6H2,1H3. The minimum atomic E-state index is -0.208. The molecule has 3 rings (SSSR count). The summed E-state index contributed by atoms with van der Waals surface area (Å²) in [6.07, 6.45) is 3.28. The van der Waals surface area contributed by atoms with Crippen molar-refractivity contribution in [3.05, 3.63) is 57.9 Å². The van der Waals surface area contributed by atoms with Crippen LogP contribution in [-0.2, 0) is 4.43 Å². The van der Waals surface area contributed by atoms with E-state index in [1.807, 2.05) is 0 Å². The molecule has 0 aliphatic heterocycles. The highest BCUT2D eigenvalue weighted by molar-refractivity contribution is 14.1. The van der Waals surface area contributed by atoms with E-state index in [9.17, 15) is 4.79 Å². The summed E-state index contributed by atoms with van der Waals surface area (Å²) >= 11 is 8.52. The largest absolute Gasteiger partial charge is 0.497 e. The number of benzene rings is 1. The maximum absolute atomic E-state index is 12.6. The summed E-state index contributed by atoms with van der Waals surface area (Å²) in [4.78, 5) is 16.7. The summed E-state index contributed by atoms with van der Waals surface area (Å²) in [5.74, 6) is 0.729.